The number of unbranched alkanes of at least 4 members (excludes halogenated alkanes) is 1. The van der Waals surface area contributed by atoms with E-state index in [1.807, 2.05) is 0 Å². The van der Waals surface area contributed by atoms with E-state index in [2.05, 4.69) is 4.98 Å². The maximum atomic E-state index is 10.6. The molecule has 0 saturated carbocycles. The van der Waals surface area contributed by atoms with Crippen LogP contribution in [0.2, 0.25) is 5.02 Å². The normalized spacial score (nSPS) is 11.4. The number of hydrogen-bond donors (Lipinski definition) is 1. The molecule has 1 aromatic heterocycles. The summed E-state index contributed by atoms with van der Waals surface area (Å²) >= 11 is 5.71. The summed E-state index contributed by atoms with van der Waals surface area (Å²) < 4.78 is 26.6. The van der Waals surface area contributed by atoms with Crippen LogP contribution in [0, 0.1) is 0 Å². The predicted molar refractivity (Wildman–Crippen MR) is 62.0 cm³/mol. The van der Waals surface area contributed by atoms with E-state index >= 15 is 0 Å². The Morgan fingerprint density at radius 1 is 1.38 bits per heavy atom. The lowest BCUT2D eigenvalue weighted by molar-refractivity contribution is 0.308. The molecule has 16 heavy (non-hydrogen) atoms. The number of pyridine rings is 1. The third-order valence-corrected chi connectivity index (χ3v) is 2.84. The number of ether oxygens (including phenoxy) is 1. The van der Waals surface area contributed by atoms with Crippen molar-refractivity contribution in [2.45, 2.75) is 12.8 Å². The van der Waals surface area contributed by atoms with E-state index in [4.69, 9.17) is 21.5 Å². The zero-order valence-corrected chi connectivity index (χ0v) is 10.2. The molecule has 90 valence electrons. The van der Waals surface area contributed by atoms with Crippen LogP contribution in [0.5, 0.6) is 5.75 Å². The highest BCUT2D eigenvalue weighted by molar-refractivity contribution is 7.89. The third-order valence-electron chi connectivity index (χ3n) is 1.77. The molecule has 0 bridgehead atoms. The van der Waals surface area contributed by atoms with Crippen LogP contribution in [-0.4, -0.2) is 25.8 Å². The first-order valence-corrected chi connectivity index (χ1v) is 6.80. The first-order chi connectivity index (χ1) is 7.47. The molecule has 0 radical (unpaired) electrons. The first kappa shape index (κ1) is 13.2. The summed E-state index contributed by atoms with van der Waals surface area (Å²) in [5, 5.41) is 5.35. The number of sulfonamides is 1. The molecule has 0 aliphatic rings. The molecule has 2 N–H and O–H groups in total. The molecule has 0 aromatic carbocycles. The molecule has 7 heteroatoms. The van der Waals surface area contributed by atoms with Crippen LogP contribution in [0.25, 0.3) is 0 Å². The summed E-state index contributed by atoms with van der Waals surface area (Å²) in [6.07, 6.45) is 4.15. The Morgan fingerprint density at radius 3 is 2.75 bits per heavy atom. The molecule has 0 atom stereocenters. The Balaban J connectivity index is 2.21. The van der Waals surface area contributed by atoms with Gasteiger partial charge in [-0.3, -0.25) is 4.98 Å². The van der Waals surface area contributed by atoms with Gasteiger partial charge in [-0.05, 0) is 12.8 Å². The van der Waals surface area contributed by atoms with E-state index in [0.29, 0.717) is 30.2 Å². The van der Waals surface area contributed by atoms with E-state index in [0.717, 1.165) is 0 Å². The minimum atomic E-state index is -3.36. The zero-order chi connectivity index (χ0) is 12.0. The molecular formula is C9H13ClN2O3S. The van der Waals surface area contributed by atoms with E-state index in [1.54, 1.807) is 12.3 Å². The van der Waals surface area contributed by atoms with Crippen molar-refractivity contribution in [2.24, 2.45) is 5.14 Å². The van der Waals surface area contributed by atoms with Crippen molar-refractivity contribution in [1.29, 1.82) is 0 Å². The van der Waals surface area contributed by atoms with Gasteiger partial charge in [-0.2, -0.15) is 0 Å². The molecule has 0 amide bonds. The quantitative estimate of drug-likeness (QED) is 0.782. The lowest BCUT2D eigenvalue weighted by Gasteiger charge is -2.05. The van der Waals surface area contributed by atoms with Gasteiger partial charge in [-0.15, -0.1) is 0 Å². The zero-order valence-electron chi connectivity index (χ0n) is 8.60. The molecule has 0 aliphatic heterocycles. The molecule has 0 unspecified atom stereocenters. The van der Waals surface area contributed by atoms with Crippen LogP contribution >= 0.6 is 11.6 Å². The topological polar surface area (TPSA) is 82.3 Å². The summed E-state index contributed by atoms with van der Waals surface area (Å²) in [5.41, 5.74) is 0. The summed E-state index contributed by atoms with van der Waals surface area (Å²) in [7, 11) is -3.36. The third kappa shape index (κ3) is 5.89. The number of hydrogen-bond acceptors (Lipinski definition) is 4. The van der Waals surface area contributed by atoms with Crippen LogP contribution in [0.15, 0.2) is 18.5 Å². The van der Waals surface area contributed by atoms with Gasteiger partial charge in [0.25, 0.3) is 0 Å². The average Bonchev–Trinajstić information content (AvgIpc) is 2.15. The second kappa shape index (κ2) is 6.03. The Hall–Kier alpha value is -0.850. The number of aromatic nitrogens is 1. The van der Waals surface area contributed by atoms with Gasteiger partial charge in [0.2, 0.25) is 10.0 Å². The van der Waals surface area contributed by atoms with Gasteiger partial charge in [0.15, 0.2) is 0 Å². The largest absolute Gasteiger partial charge is 0.492 e. The molecule has 0 spiro atoms. The predicted octanol–water partition coefficient (Wildman–Crippen LogP) is 1.18. The van der Waals surface area contributed by atoms with Crippen LogP contribution in [0.4, 0.5) is 0 Å². The SMILES string of the molecule is NS(=O)(=O)CCCCOc1cncc(Cl)c1. The van der Waals surface area contributed by atoms with Gasteiger partial charge >= 0.3 is 0 Å². The highest BCUT2D eigenvalue weighted by Crippen LogP contribution is 2.15. The van der Waals surface area contributed by atoms with Gasteiger partial charge in [-0.1, -0.05) is 11.6 Å². The van der Waals surface area contributed by atoms with Gasteiger partial charge < -0.3 is 4.74 Å². The molecular weight excluding hydrogens is 252 g/mol. The molecule has 1 aromatic rings. The Labute approximate surface area is 99.6 Å². The van der Waals surface area contributed by atoms with Crippen LogP contribution in [0.1, 0.15) is 12.8 Å². The van der Waals surface area contributed by atoms with Crippen molar-refractivity contribution in [2.75, 3.05) is 12.4 Å². The highest BCUT2D eigenvalue weighted by Gasteiger charge is 2.02. The minimum absolute atomic E-state index is 0.0237. The highest BCUT2D eigenvalue weighted by atomic mass is 35.5. The lowest BCUT2D eigenvalue weighted by atomic mass is 10.3. The maximum absolute atomic E-state index is 10.6. The van der Waals surface area contributed by atoms with Gasteiger partial charge in [-0.25, -0.2) is 13.6 Å². The van der Waals surface area contributed by atoms with Crippen LogP contribution in [-0.2, 0) is 10.0 Å². The second-order valence-electron chi connectivity index (χ2n) is 3.26. The first-order valence-electron chi connectivity index (χ1n) is 4.71. The molecule has 0 saturated heterocycles. The molecule has 1 heterocycles. The molecule has 0 aliphatic carbocycles. The standard InChI is InChI=1S/C9H13ClN2O3S/c10-8-5-9(7-12-6-8)15-3-1-2-4-16(11,13)14/h5-7H,1-4H2,(H2,11,13,14). The summed E-state index contributed by atoms with van der Waals surface area (Å²) in [5.74, 6) is 0.549. The maximum Gasteiger partial charge on any atom is 0.209 e. The van der Waals surface area contributed by atoms with Crippen molar-refractivity contribution < 1.29 is 13.2 Å². The fourth-order valence-corrected chi connectivity index (χ4v) is 1.84. The van der Waals surface area contributed by atoms with Crippen molar-refractivity contribution in [3.8, 4) is 5.75 Å². The Morgan fingerprint density at radius 2 is 2.12 bits per heavy atom. The Bertz CT molecular complexity index is 436. The van der Waals surface area contributed by atoms with E-state index < -0.39 is 10.0 Å². The van der Waals surface area contributed by atoms with Crippen molar-refractivity contribution >= 4 is 21.6 Å². The van der Waals surface area contributed by atoms with E-state index in [1.165, 1.54) is 6.20 Å². The van der Waals surface area contributed by atoms with Crippen molar-refractivity contribution in [3.05, 3.63) is 23.5 Å². The van der Waals surface area contributed by atoms with Crippen molar-refractivity contribution in [1.82, 2.24) is 4.98 Å². The van der Waals surface area contributed by atoms with E-state index in [9.17, 15) is 8.42 Å². The van der Waals surface area contributed by atoms with Crippen molar-refractivity contribution in [3.63, 3.8) is 0 Å². The Kier molecular flexibility index (Phi) is 4.98. The fraction of sp³-hybridized carbons (Fsp3) is 0.444. The van der Waals surface area contributed by atoms with Gasteiger partial charge in [0, 0.05) is 12.3 Å². The molecule has 1 rings (SSSR count). The summed E-state index contributed by atoms with van der Waals surface area (Å²) in [6.45, 7) is 0.414. The average molecular weight is 265 g/mol. The van der Waals surface area contributed by atoms with Crippen LogP contribution in [0.3, 0.4) is 0 Å². The summed E-state index contributed by atoms with van der Waals surface area (Å²) in [4.78, 5) is 3.85. The second-order valence-corrected chi connectivity index (χ2v) is 5.43. The van der Waals surface area contributed by atoms with E-state index in [-0.39, 0.29) is 5.75 Å². The van der Waals surface area contributed by atoms with Crippen LogP contribution < -0.4 is 9.88 Å². The number of primary sulfonamides is 1. The fourth-order valence-electron chi connectivity index (χ4n) is 1.07. The number of nitrogens with two attached hydrogens (primary N) is 1. The summed E-state index contributed by atoms with van der Waals surface area (Å²) in [6, 6.07) is 1.65. The van der Waals surface area contributed by atoms with Gasteiger partial charge in [0.05, 0.1) is 23.6 Å². The molecule has 0 fully saturated rings. The number of rotatable bonds is 6. The number of nitrogens with zero attached hydrogens (tertiary/aromatic N) is 1. The lowest BCUT2D eigenvalue weighted by Crippen LogP contribution is -2.16. The van der Waals surface area contributed by atoms with Gasteiger partial charge in [0.1, 0.15) is 5.75 Å². The monoisotopic (exact) mass is 264 g/mol. The molecule has 5 nitrogen and oxygen atoms in total. The smallest absolute Gasteiger partial charge is 0.209 e. The minimum Gasteiger partial charge on any atom is -0.492 e. The number of halogens is 1.